The summed E-state index contributed by atoms with van der Waals surface area (Å²) in [6, 6.07) is 2.03. The van der Waals surface area contributed by atoms with E-state index in [1.807, 2.05) is 0 Å². The molecule has 6 heteroatoms. The van der Waals surface area contributed by atoms with Crippen LogP contribution in [0.1, 0.15) is 24.8 Å². The van der Waals surface area contributed by atoms with E-state index >= 15 is 0 Å². The Balaban J connectivity index is 2.26. The first-order valence-electron chi connectivity index (χ1n) is 5.51. The van der Waals surface area contributed by atoms with Crippen molar-refractivity contribution in [1.82, 2.24) is 5.32 Å². The van der Waals surface area contributed by atoms with Crippen LogP contribution in [0.4, 0.5) is 13.2 Å². The number of nitrogens with one attached hydrogen (secondary N) is 1. The first-order chi connectivity index (χ1) is 8.50. The number of carbonyl (C=O) groups is 1. The molecule has 0 aliphatic heterocycles. The molecule has 1 aromatic carbocycles. The fraction of sp³-hybridized carbons (Fsp3) is 0.417. The highest BCUT2D eigenvalue weighted by atomic mass is 35.5. The average Bonchev–Trinajstić information content (AvgIpc) is 3.07. The second kappa shape index (κ2) is 4.80. The number of benzene rings is 1. The summed E-state index contributed by atoms with van der Waals surface area (Å²) >= 11 is 5.42. The summed E-state index contributed by atoms with van der Waals surface area (Å²) in [5, 5.41) is 2.62. The molecule has 2 rings (SSSR count). The zero-order valence-electron chi connectivity index (χ0n) is 9.40. The van der Waals surface area contributed by atoms with E-state index in [0.29, 0.717) is 12.8 Å². The Morgan fingerprint density at radius 1 is 1.28 bits per heavy atom. The molecule has 1 aliphatic rings. The van der Waals surface area contributed by atoms with Gasteiger partial charge in [0.15, 0.2) is 17.5 Å². The van der Waals surface area contributed by atoms with Crippen molar-refractivity contribution in [3.8, 4) is 0 Å². The van der Waals surface area contributed by atoms with Crippen LogP contribution in [0.15, 0.2) is 12.1 Å². The number of alkyl halides is 1. The lowest BCUT2D eigenvalue weighted by Crippen LogP contribution is -2.35. The molecule has 0 saturated heterocycles. The van der Waals surface area contributed by atoms with Gasteiger partial charge in [0.1, 0.15) is 0 Å². The predicted octanol–water partition coefficient (Wildman–Crippen LogP) is 2.84. The molecule has 0 radical (unpaired) electrons. The number of halogens is 4. The number of carbonyl (C=O) groups excluding carboxylic acids is 1. The van der Waals surface area contributed by atoms with Crippen LogP contribution in [0.5, 0.6) is 0 Å². The molecule has 1 aliphatic carbocycles. The van der Waals surface area contributed by atoms with E-state index in [0.717, 1.165) is 6.07 Å². The van der Waals surface area contributed by atoms with Crippen molar-refractivity contribution in [3.05, 3.63) is 35.1 Å². The van der Waals surface area contributed by atoms with Crippen LogP contribution in [0.3, 0.4) is 0 Å². The minimum absolute atomic E-state index is 0.00989. The van der Waals surface area contributed by atoms with Gasteiger partial charge in [-0.1, -0.05) is 6.07 Å². The second-order valence-electron chi connectivity index (χ2n) is 4.29. The van der Waals surface area contributed by atoms with Gasteiger partial charge in [-0.15, -0.1) is 11.6 Å². The van der Waals surface area contributed by atoms with Crippen LogP contribution in [0, 0.1) is 17.5 Å². The molecule has 1 saturated carbocycles. The lowest BCUT2D eigenvalue weighted by molar-refractivity contribution is -0.121. The summed E-state index contributed by atoms with van der Waals surface area (Å²) in [7, 11) is 0. The van der Waals surface area contributed by atoms with Gasteiger partial charge in [-0.3, -0.25) is 4.79 Å². The van der Waals surface area contributed by atoms with Crippen molar-refractivity contribution in [3.63, 3.8) is 0 Å². The van der Waals surface area contributed by atoms with Crippen LogP contribution < -0.4 is 5.32 Å². The minimum atomic E-state index is -1.51. The summed E-state index contributed by atoms with van der Waals surface area (Å²) in [5.74, 6) is -4.16. The molecule has 18 heavy (non-hydrogen) atoms. The van der Waals surface area contributed by atoms with Crippen molar-refractivity contribution in [1.29, 1.82) is 0 Å². The van der Waals surface area contributed by atoms with E-state index in [2.05, 4.69) is 5.32 Å². The zero-order chi connectivity index (χ0) is 13.3. The average molecular weight is 278 g/mol. The van der Waals surface area contributed by atoms with Crippen molar-refractivity contribution >= 4 is 17.5 Å². The first-order valence-corrected chi connectivity index (χ1v) is 6.04. The van der Waals surface area contributed by atoms with E-state index in [9.17, 15) is 18.0 Å². The minimum Gasteiger partial charge on any atom is -0.346 e. The van der Waals surface area contributed by atoms with Crippen molar-refractivity contribution in [2.45, 2.75) is 24.8 Å². The van der Waals surface area contributed by atoms with E-state index in [-0.39, 0.29) is 23.8 Å². The summed E-state index contributed by atoms with van der Waals surface area (Å²) in [5.41, 5.74) is -0.911. The Morgan fingerprint density at radius 2 is 1.94 bits per heavy atom. The number of hydrogen-bond donors (Lipinski definition) is 1. The van der Waals surface area contributed by atoms with Crippen molar-refractivity contribution in [2.24, 2.45) is 0 Å². The number of rotatable bonds is 4. The Labute approximate surface area is 107 Å². The van der Waals surface area contributed by atoms with Crippen LogP contribution >= 0.6 is 11.6 Å². The Bertz CT molecular complexity index is 488. The highest BCUT2D eigenvalue weighted by molar-refractivity contribution is 6.18. The molecule has 0 aromatic heterocycles. The van der Waals surface area contributed by atoms with Crippen LogP contribution in [-0.4, -0.2) is 11.8 Å². The van der Waals surface area contributed by atoms with Gasteiger partial charge in [0, 0.05) is 17.9 Å². The van der Waals surface area contributed by atoms with Crippen molar-refractivity contribution in [2.75, 3.05) is 5.88 Å². The number of hydrogen-bond acceptors (Lipinski definition) is 1. The van der Waals surface area contributed by atoms with Gasteiger partial charge in [-0.25, -0.2) is 13.2 Å². The molecule has 1 amide bonds. The monoisotopic (exact) mass is 277 g/mol. The lowest BCUT2D eigenvalue weighted by Gasteiger charge is -2.18. The first kappa shape index (κ1) is 13.2. The van der Waals surface area contributed by atoms with Crippen LogP contribution in [-0.2, 0) is 10.3 Å². The van der Waals surface area contributed by atoms with Gasteiger partial charge in [0.05, 0.1) is 5.54 Å². The third-order valence-corrected chi connectivity index (χ3v) is 3.19. The summed E-state index contributed by atoms with van der Waals surface area (Å²) in [6.07, 6.45) is 1.11. The molecule has 0 atom stereocenters. The topological polar surface area (TPSA) is 29.1 Å². The lowest BCUT2D eigenvalue weighted by atomic mass is 10.0. The fourth-order valence-corrected chi connectivity index (χ4v) is 2.07. The number of amides is 1. The van der Waals surface area contributed by atoms with Crippen LogP contribution in [0.2, 0.25) is 0 Å². The third kappa shape index (κ3) is 2.32. The molecule has 0 unspecified atom stereocenters. The molecule has 0 spiro atoms. The highest BCUT2D eigenvalue weighted by Gasteiger charge is 2.48. The predicted molar refractivity (Wildman–Crippen MR) is 60.7 cm³/mol. The standard InChI is InChI=1S/C12H11ClF3NO/c13-6-3-9(18)17-12(4-5-12)7-1-2-8(14)11(16)10(7)15/h1-2H,3-6H2,(H,17,18). The van der Waals surface area contributed by atoms with Crippen molar-refractivity contribution < 1.29 is 18.0 Å². The second-order valence-corrected chi connectivity index (χ2v) is 4.67. The van der Waals surface area contributed by atoms with Gasteiger partial charge >= 0.3 is 0 Å². The molecule has 2 nitrogen and oxygen atoms in total. The molecule has 98 valence electrons. The van der Waals surface area contributed by atoms with Gasteiger partial charge in [-0.2, -0.15) is 0 Å². The van der Waals surface area contributed by atoms with E-state index < -0.39 is 23.0 Å². The van der Waals surface area contributed by atoms with Gasteiger partial charge < -0.3 is 5.32 Å². The SMILES string of the molecule is O=C(CCCl)NC1(c2ccc(F)c(F)c2F)CC1. The van der Waals surface area contributed by atoms with Gasteiger partial charge in [0.2, 0.25) is 5.91 Å². The maximum absolute atomic E-state index is 13.6. The Kier molecular flexibility index (Phi) is 3.52. The van der Waals surface area contributed by atoms with Gasteiger partial charge in [-0.05, 0) is 18.9 Å². The Morgan fingerprint density at radius 3 is 2.50 bits per heavy atom. The third-order valence-electron chi connectivity index (χ3n) is 3.00. The molecular weight excluding hydrogens is 267 g/mol. The van der Waals surface area contributed by atoms with E-state index in [4.69, 9.17) is 11.6 Å². The quantitative estimate of drug-likeness (QED) is 0.665. The molecule has 1 aromatic rings. The van der Waals surface area contributed by atoms with Gasteiger partial charge in [0.25, 0.3) is 0 Å². The highest BCUT2D eigenvalue weighted by Crippen LogP contribution is 2.47. The van der Waals surface area contributed by atoms with E-state index in [1.54, 1.807) is 0 Å². The largest absolute Gasteiger partial charge is 0.346 e. The zero-order valence-corrected chi connectivity index (χ0v) is 10.2. The summed E-state index contributed by atoms with van der Waals surface area (Å²) in [6.45, 7) is 0. The molecular formula is C12H11ClF3NO. The maximum Gasteiger partial charge on any atom is 0.221 e. The van der Waals surface area contributed by atoms with Crippen LogP contribution in [0.25, 0.3) is 0 Å². The molecule has 1 fully saturated rings. The maximum atomic E-state index is 13.6. The molecule has 1 N–H and O–H groups in total. The Hall–Kier alpha value is -1.23. The summed E-state index contributed by atoms with van der Waals surface area (Å²) in [4.78, 5) is 11.4. The molecule has 0 bridgehead atoms. The normalized spacial score (nSPS) is 16.4. The molecule has 0 heterocycles. The smallest absolute Gasteiger partial charge is 0.221 e. The fourth-order valence-electron chi connectivity index (χ4n) is 1.90. The summed E-state index contributed by atoms with van der Waals surface area (Å²) < 4.78 is 39.6. The van der Waals surface area contributed by atoms with E-state index in [1.165, 1.54) is 6.07 Å².